The van der Waals surface area contributed by atoms with Gasteiger partial charge in [0.2, 0.25) is 5.91 Å². The lowest BCUT2D eigenvalue weighted by Crippen LogP contribution is -2.38. The molecule has 0 bridgehead atoms. The topological polar surface area (TPSA) is 49.8 Å². The zero-order valence-electron chi connectivity index (χ0n) is 15.7. The van der Waals surface area contributed by atoms with Crippen molar-refractivity contribution in [1.82, 2.24) is 4.90 Å². The maximum atomic E-state index is 12.4. The minimum absolute atomic E-state index is 0.0593. The summed E-state index contributed by atoms with van der Waals surface area (Å²) in [5.74, 6) is 0.968. The van der Waals surface area contributed by atoms with Crippen molar-refractivity contribution in [1.29, 1.82) is 0 Å². The second kappa shape index (κ2) is 5.96. The van der Waals surface area contributed by atoms with Crippen molar-refractivity contribution >= 4 is 27.5 Å². The van der Waals surface area contributed by atoms with E-state index in [-0.39, 0.29) is 12.5 Å². The standard InChI is InChI=1S/C23H23NO3/c1-13-3-5-16-17(7-13)18-8-14(12-25)22(27-2)10-20(18)21-11-24-15(9-19(16)21)4-6-23(24)26/h3,5,7-8,10,15,25H,4,6,9,11-12H2,1-2H3/t15-/m0/s1. The first kappa shape index (κ1) is 16.6. The van der Waals surface area contributed by atoms with Gasteiger partial charge in [0.25, 0.3) is 0 Å². The number of ether oxygens (including phenoxy) is 1. The van der Waals surface area contributed by atoms with E-state index in [2.05, 4.69) is 25.1 Å². The summed E-state index contributed by atoms with van der Waals surface area (Å²) in [7, 11) is 1.64. The van der Waals surface area contributed by atoms with Crippen LogP contribution in [0.4, 0.5) is 0 Å². The molecule has 1 amide bonds. The van der Waals surface area contributed by atoms with Gasteiger partial charge in [0.05, 0.1) is 13.7 Å². The van der Waals surface area contributed by atoms with Crippen LogP contribution >= 0.6 is 0 Å². The highest BCUT2D eigenvalue weighted by Gasteiger charge is 2.36. The van der Waals surface area contributed by atoms with Gasteiger partial charge in [-0.05, 0) is 64.6 Å². The van der Waals surface area contributed by atoms with Crippen molar-refractivity contribution in [2.24, 2.45) is 0 Å². The molecule has 1 fully saturated rings. The smallest absolute Gasteiger partial charge is 0.223 e. The summed E-state index contributed by atoms with van der Waals surface area (Å²) in [4.78, 5) is 14.4. The number of hydrogen-bond acceptors (Lipinski definition) is 3. The number of aliphatic hydroxyl groups excluding tert-OH is 1. The number of carbonyl (C=O) groups excluding carboxylic acids is 1. The molecule has 1 atom stereocenters. The van der Waals surface area contributed by atoms with Crippen LogP contribution in [0.5, 0.6) is 5.75 Å². The van der Waals surface area contributed by atoms with Gasteiger partial charge in [0.15, 0.2) is 0 Å². The summed E-state index contributed by atoms with van der Waals surface area (Å²) in [6.45, 7) is 2.72. The second-order valence-corrected chi connectivity index (χ2v) is 7.79. The first-order chi connectivity index (χ1) is 13.1. The highest BCUT2D eigenvalue weighted by Crippen LogP contribution is 2.42. The van der Waals surface area contributed by atoms with Crippen molar-refractivity contribution in [2.75, 3.05) is 7.11 Å². The molecule has 0 aliphatic carbocycles. The Labute approximate surface area is 158 Å². The Hall–Kier alpha value is -2.59. The molecule has 4 nitrogen and oxygen atoms in total. The van der Waals surface area contributed by atoms with E-state index in [0.29, 0.717) is 24.8 Å². The van der Waals surface area contributed by atoms with E-state index < -0.39 is 0 Å². The third-order valence-electron chi connectivity index (χ3n) is 6.29. The Bertz CT molecular complexity index is 1100. The number of methoxy groups -OCH3 is 1. The monoisotopic (exact) mass is 361 g/mol. The fourth-order valence-electron chi connectivity index (χ4n) is 4.92. The van der Waals surface area contributed by atoms with E-state index in [1.807, 2.05) is 17.0 Å². The molecule has 4 heteroatoms. The van der Waals surface area contributed by atoms with Crippen molar-refractivity contribution in [3.8, 4) is 5.75 Å². The molecule has 2 heterocycles. The Balaban J connectivity index is 1.89. The molecule has 1 saturated heterocycles. The normalized spacial score (nSPS) is 18.9. The molecule has 1 N–H and O–H groups in total. The van der Waals surface area contributed by atoms with Crippen LogP contribution in [0.1, 0.15) is 35.1 Å². The third-order valence-corrected chi connectivity index (χ3v) is 6.29. The van der Waals surface area contributed by atoms with Crippen LogP contribution in [-0.2, 0) is 24.4 Å². The summed E-state index contributed by atoms with van der Waals surface area (Å²) < 4.78 is 5.54. The first-order valence-electron chi connectivity index (χ1n) is 9.55. The second-order valence-electron chi connectivity index (χ2n) is 7.79. The van der Waals surface area contributed by atoms with Crippen LogP contribution in [0.25, 0.3) is 21.5 Å². The molecule has 0 spiro atoms. The quantitative estimate of drug-likeness (QED) is 0.706. The van der Waals surface area contributed by atoms with Gasteiger partial charge in [-0.25, -0.2) is 0 Å². The summed E-state index contributed by atoms with van der Waals surface area (Å²) in [5, 5.41) is 14.6. The van der Waals surface area contributed by atoms with Gasteiger partial charge in [-0.2, -0.15) is 0 Å². The maximum Gasteiger partial charge on any atom is 0.223 e. The SMILES string of the molecule is COc1cc2c3c(c4ccc(C)cc4c2cc1CO)C[C@@H]1CCC(=O)N1C3. The number of benzene rings is 3. The van der Waals surface area contributed by atoms with Crippen molar-refractivity contribution in [3.63, 3.8) is 0 Å². The molecule has 3 aromatic carbocycles. The Morgan fingerprint density at radius 1 is 1.11 bits per heavy atom. The number of fused-ring (bicyclic) bond motifs is 7. The maximum absolute atomic E-state index is 12.4. The largest absolute Gasteiger partial charge is 0.496 e. The van der Waals surface area contributed by atoms with Gasteiger partial charge in [-0.1, -0.05) is 23.8 Å². The van der Waals surface area contributed by atoms with E-state index in [4.69, 9.17) is 4.74 Å². The molecule has 0 radical (unpaired) electrons. The van der Waals surface area contributed by atoms with Gasteiger partial charge in [0, 0.05) is 24.6 Å². The Morgan fingerprint density at radius 3 is 2.70 bits per heavy atom. The number of carbonyl (C=O) groups is 1. The van der Waals surface area contributed by atoms with Gasteiger partial charge in [0.1, 0.15) is 5.75 Å². The minimum Gasteiger partial charge on any atom is -0.496 e. The molecule has 27 heavy (non-hydrogen) atoms. The zero-order valence-corrected chi connectivity index (χ0v) is 15.7. The van der Waals surface area contributed by atoms with Gasteiger partial charge in [-0.3, -0.25) is 4.79 Å². The van der Waals surface area contributed by atoms with E-state index in [1.54, 1.807) is 7.11 Å². The van der Waals surface area contributed by atoms with E-state index >= 15 is 0 Å². The van der Waals surface area contributed by atoms with E-state index in [1.165, 1.54) is 27.5 Å². The lowest BCUT2D eigenvalue weighted by Gasteiger charge is -2.33. The van der Waals surface area contributed by atoms with Crippen molar-refractivity contribution in [3.05, 3.63) is 52.6 Å². The molecular formula is C23H23NO3. The summed E-state index contributed by atoms with van der Waals surface area (Å²) in [6.07, 6.45) is 2.53. The Morgan fingerprint density at radius 2 is 1.93 bits per heavy atom. The van der Waals surface area contributed by atoms with Crippen LogP contribution in [0.15, 0.2) is 30.3 Å². The molecule has 2 aliphatic rings. The highest BCUT2D eigenvalue weighted by molar-refractivity contribution is 6.12. The first-order valence-corrected chi connectivity index (χ1v) is 9.55. The van der Waals surface area contributed by atoms with Crippen LogP contribution in [0.3, 0.4) is 0 Å². The number of rotatable bonds is 2. The minimum atomic E-state index is -0.0593. The van der Waals surface area contributed by atoms with Gasteiger partial charge < -0.3 is 14.7 Å². The van der Waals surface area contributed by atoms with Crippen LogP contribution in [0.2, 0.25) is 0 Å². The summed E-state index contributed by atoms with van der Waals surface area (Å²) >= 11 is 0. The van der Waals surface area contributed by atoms with E-state index in [0.717, 1.165) is 29.2 Å². The summed E-state index contributed by atoms with van der Waals surface area (Å²) in [5.41, 5.74) is 4.61. The van der Waals surface area contributed by atoms with Crippen LogP contribution in [0, 0.1) is 6.92 Å². The average Bonchev–Trinajstić information content (AvgIpc) is 3.05. The summed E-state index contributed by atoms with van der Waals surface area (Å²) in [6, 6.07) is 11.0. The predicted molar refractivity (Wildman–Crippen MR) is 106 cm³/mol. The predicted octanol–water partition coefficient (Wildman–Crippen LogP) is 3.85. The molecule has 5 rings (SSSR count). The Kier molecular flexibility index (Phi) is 3.66. The van der Waals surface area contributed by atoms with Crippen molar-refractivity contribution < 1.29 is 14.6 Å². The lowest BCUT2D eigenvalue weighted by atomic mass is 9.84. The molecule has 138 valence electrons. The van der Waals surface area contributed by atoms with Gasteiger partial charge >= 0.3 is 0 Å². The van der Waals surface area contributed by atoms with Crippen LogP contribution < -0.4 is 4.74 Å². The van der Waals surface area contributed by atoms with E-state index in [9.17, 15) is 9.90 Å². The molecule has 0 unspecified atom stereocenters. The molecule has 2 aliphatic heterocycles. The average molecular weight is 361 g/mol. The zero-order chi connectivity index (χ0) is 18.7. The third kappa shape index (κ3) is 2.36. The molecule has 0 saturated carbocycles. The molecule has 3 aromatic rings. The van der Waals surface area contributed by atoms with Gasteiger partial charge in [-0.15, -0.1) is 0 Å². The number of aliphatic hydroxyl groups is 1. The number of amides is 1. The fourth-order valence-corrected chi connectivity index (χ4v) is 4.92. The number of hydrogen-bond donors (Lipinski definition) is 1. The molecule has 0 aromatic heterocycles. The lowest BCUT2D eigenvalue weighted by molar-refractivity contribution is -0.129. The van der Waals surface area contributed by atoms with Crippen molar-refractivity contribution in [2.45, 2.75) is 45.4 Å². The molecular weight excluding hydrogens is 338 g/mol. The number of nitrogens with zero attached hydrogens (tertiary/aromatic N) is 1. The fraction of sp³-hybridized carbons (Fsp3) is 0.348. The van der Waals surface area contributed by atoms with Crippen LogP contribution in [-0.4, -0.2) is 29.1 Å². The number of aryl methyl sites for hydroxylation is 1. The highest BCUT2D eigenvalue weighted by atomic mass is 16.5.